The Kier molecular flexibility index (Phi) is 4.63. The van der Waals surface area contributed by atoms with Crippen LogP contribution in [0.25, 0.3) is 0 Å². The Balaban J connectivity index is 1.81. The van der Waals surface area contributed by atoms with Crippen molar-refractivity contribution in [3.8, 4) is 11.8 Å². The topological polar surface area (TPSA) is 85.6 Å². The average Bonchev–Trinajstić information content (AvgIpc) is 3.32. The van der Waals surface area contributed by atoms with Crippen LogP contribution in [0.4, 0.5) is 0 Å². The Morgan fingerprint density at radius 2 is 2.08 bits per heavy atom. The minimum Gasteiger partial charge on any atom is -0.508 e. The molecule has 6 heteroatoms. The molecule has 3 aromatic rings. The fraction of sp³-hybridized carbons (Fsp3) is 0.250. The lowest BCUT2D eigenvalue weighted by molar-refractivity contribution is 0.474. The molecule has 1 aliphatic rings. The predicted molar refractivity (Wildman–Crippen MR) is 99.8 cm³/mol. The van der Waals surface area contributed by atoms with Crippen LogP contribution in [-0.2, 0) is 6.42 Å². The Labute approximate surface area is 156 Å². The summed E-state index contributed by atoms with van der Waals surface area (Å²) in [7, 11) is 0. The summed E-state index contributed by atoms with van der Waals surface area (Å²) >= 11 is 1.54. The molecule has 0 amide bonds. The van der Waals surface area contributed by atoms with E-state index in [1.54, 1.807) is 6.07 Å². The van der Waals surface area contributed by atoms with Crippen molar-refractivity contribution in [2.24, 2.45) is 5.92 Å². The van der Waals surface area contributed by atoms with Crippen molar-refractivity contribution < 1.29 is 5.11 Å². The van der Waals surface area contributed by atoms with E-state index in [2.05, 4.69) is 21.3 Å². The summed E-state index contributed by atoms with van der Waals surface area (Å²) in [5.74, 6) is 0.971. The summed E-state index contributed by atoms with van der Waals surface area (Å²) in [5, 5.41) is 27.0. The fourth-order valence-electron chi connectivity index (χ4n) is 3.14. The lowest BCUT2D eigenvalue weighted by atomic mass is 9.93. The van der Waals surface area contributed by atoms with Gasteiger partial charge in [0.05, 0.1) is 16.9 Å². The van der Waals surface area contributed by atoms with Crippen molar-refractivity contribution in [1.82, 2.24) is 15.2 Å². The second-order valence-electron chi connectivity index (χ2n) is 6.52. The average molecular weight is 362 g/mol. The minimum atomic E-state index is -0.104. The predicted octanol–water partition coefficient (Wildman–Crippen LogP) is 4.22. The molecule has 1 saturated carbocycles. The van der Waals surface area contributed by atoms with Crippen LogP contribution < -0.4 is 0 Å². The molecule has 1 unspecified atom stereocenters. The number of phenolic OH excluding ortho intramolecular Hbond substituents is 1. The number of nitrogens with one attached hydrogen (secondary N) is 1. The molecule has 4 rings (SSSR count). The first-order valence-electron chi connectivity index (χ1n) is 8.57. The third-order valence-electron chi connectivity index (χ3n) is 4.60. The van der Waals surface area contributed by atoms with Gasteiger partial charge < -0.3 is 5.11 Å². The van der Waals surface area contributed by atoms with Crippen molar-refractivity contribution >= 4 is 11.8 Å². The molecule has 0 bridgehead atoms. The van der Waals surface area contributed by atoms with E-state index >= 15 is 0 Å². The number of aromatic hydroxyl groups is 1. The summed E-state index contributed by atoms with van der Waals surface area (Å²) in [4.78, 5) is 4.25. The summed E-state index contributed by atoms with van der Waals surface area (Å²) < 4.78 is 0. The van der Waals surface area contributed by atoms with Gasteiger partial charge in [-0.1, -0.05) is 36.0 Å². The van der Waals surface area contributed by atoms with Crippen molar-refractivity contribution in [3.05, 3.63) is 71.0 Å². The van der Waals surface area contributed by atoms with Crippen molar-refractivity contribution in [3.63, 3.8) is 0 Å². The van der Waals surface area contributed by atoms with Crippen LogP contribution in [0.3, 0.4) is 0 Å². The number of nitriles is 1. The highest BCUT2D eigenvalue weighted by atomic mass is 32.2. The van der Waals surface area contributed by atoms with Crippen LogP contribution in [0.5, 0.6) is 5.75 Å². The van der Waals surface area contributed by atoms with E-state index < -0.39 is 0 Å². The lowest BCUT2D eigenvalue weighted by Crippen LogP contribution is -2.05. The van der Waals surface area contributed by atoms with E-state index in [-0.39, 0.29) is 11.0 Å². The molecule has 130 valence electrons. The number of rotatable bonds is 6. The molecule has 1 aromatic heterocycles. The van der Waals surface area contributed by atoms with Gasteiger partial charge in [-0.2, -0.15) is 10.4 Å². The normalized spacial score (nSPS) is 14.7. The van der Waals surface area contributed by atoms with Crippen molar-refractivity contribution in [1.29, 1.82) is 5.26 Å². The van der Waals surface area contributed by atoms with Gasteiger partial charge in [0.25, 0.3) is 0 Å². The van der Waals surface area contributed by atoms with Crippen LogP contribution in [-0.4, -0.2) is 20.3 Å². The standard InChI is InChI=1S/C20H18N4OS/c21-11-14-3-1-2-4-17(14)19(26-20-22-12-23-24-20)18-8-7-16(25)10-15(18)9-13-5-6-13/h1-4,7-8,10,12-13,19,25H,5-6,9H2,(H,22,23,24). The van der Waals surface area contributed by atoms with Crippen LogP contribution in [0.15, 0.2) is 53.9 Å². The van der Waals surface area contributed by atoms with Crippen LogP contribution in [0.2, 0.25) is 0 Å². The molecule has 1 fully saturated rings. The van der Waals surface area contributed by atoms with Gasteiger partial charge in [-0.15, -0.1) is 0 Å². The van der Waals surface area contributed by atoms with Gasteiger partial charge in [-0.25, -0.2) is 4.98 Å². The molecule has 0 saturated heterocycles. The largest absolute Gasteiger partial charge is 0.508 e. The van der Waals surface area contributed by atoms with E-state index in [0.29, 0.717) is 16.6 Å². The number of phenols is 1. The van der Waals surface area contributed by atoms with E-state index in [0.717, 1.165) is 23.1 Å². The first-order chi connectivity index (χ1) is 12.7. The molecule has 2 aromatic carbocycles. The maximum absolute atomic E-state index is 9.99. The summed E-state index contributed by atoms with van der Waals surface area (Å²) in [5.41, 5.74) is 3.84. The molecule has 0 spiro atoms. The van der Waals surface area contributed by atoms with Gasteiger partial charge >= 0.3 is 0 Å². The summed E-state index contributed by atoms with van der Waals surface area (Å²) in [6, 6.07) is 15.5. The second kappa shape index (κ2) is 7.22. The molecular formula is C20H18N4OS. The summed E-state index contributed by atoms with van der Waals surface area (Å²) in [6.45, 7) is 0. The van der Waals surface area contributed by atoms with Crippen LogP contribution in [0, 0.1) is 17.2 Å². The zero-order valence-corrected chi connectivity index (χ0v) is 14.9. The van der Waals surface area contributed by atoms with Gasteiger partial charge in [-0.05, 0) is 60.1 Å². The zero-order valence-electron chi connectivity index (χ0n) is 14.1. The third-order valence-corrected chi connectivity index (χ3v) is 5.76. The second-order valence-corrected chi connectivity index (χ2v) is 7.61. The quantitative estimate of drug-likeness (QED) is 0.641. The number of aromatic nitrogens is 3. The SMILES string of the molecule is N#Cc1ccccc1C(Sc1ncn[nH]1)c1ccc(O)cc1CC1CC1. The number of aromatic amines is 1. The van der Waals surface area contributed by atoms with Gasteiger partial charge in [0.1, 0.15) is 12.1 Å². The molecule has 0 radical (unpaired) electrons. The molecular weight excluding hydrogens is 344 g/mol. The molecule has 1 aliphatic carbocycles. The first-order valence-corrected chi connectivity index (χ1v) is 9.45. The Morgan fingerprint density at radius 1 is 1.23 bits per heavy atom. The van der Waals surface area contributed by atoms with Crippen molar-refractivity contribution in [2.45, 2.75) is 29.7 Å². The molecule has 1 atom stereocenters. The number of nitrogens with zero attached hydrogens (tertiary/aromatic N) is 3. The monoisotopic (exact) mass is 362 g/mol. The minimum absolute atomic E-state index is 0.104. The number of hydrogen-bond acceptors (Lipinski definition) is 5. The number of benzene rings is 2. The highest BCUT2D eigenvalue weighted by molar-refractivity contribution is 7.99. The van der Waals surface area contributed by atoms with Gasteiger partial charge in [0.2, 0.25) is 0 Å². The highest BCUT2D eigenvalue weighted by Crippen LogP contribution is 2.44. The molecule has 5 nitrogen and oxygen atoms in total. The first kappa shape index (κ1) is 16.7. The van der Waals surface area contributed by atoms with Crippen LogP contribution >= 0.6 is 11.8 Å². The zero-order chi connectivity index (χ0) is 17.9. The molecule has 1 heterocycles. The van der Waals surface area contributed by atoms with Crippen LogP contribution in [0.1, 0.15) is 40.3 Å². The van der Waals surface area contributed by atoms with Gasteiger partial charge in [0, 0.05) is 0 Å². The maximum atomic E-state index is 9.99. The number of hydrogen-bond donors (Lipinski definition) is 2. The fourth-order valence-corrected chi connectivity index (χ4v) is 4.27. The lowest BCUT2D eigenvalue weighted by Gasteiger charge is -2.21. The van der Waals surface area contributed by atoms with Gasteiger partial charge in [-0.3, -0.25) is 5.10 Å². The Morgan fingerprint density at radius 3 is 2.81 bits per heavy atom. The smallest absolute Gasteiger partial charge is 0.184 e. The van der Waals surface area contributed by atoms with E-state index in [9.17, 15) is 10.4 Å². The third kappa shape index (κ3) is 3.58. The van der Waals surface area contributed by atoms with E-state index in [4.69, 9.17) is 0 Å². The highest BCUT2D eigenvalue weighted by Gasteiger charge is 2.27. The van der Waals surface area contributed by atoms with Crippen molar-refractivity contribution in [2.75, 3.05) is 0 Å². The number of thioether (sulfide) groups is 1. The Bertz CT molecular complexity index is 945. The van der Waals surface area contributed by atoms with Gasteiger partial charge in [0.15, 0.2) is 5.16 Å². The molecule has 0 aliphatic heterocycles. The maximum Gasteiger partial charge on any atom is 0.184 e. The number of H-pyrrole nitrogens is 1. The molecule has 26 heavy (non-hydrogen) atoms. The van der Waals surface area contributed by atoms with E-state index in [1.807, 2.05) is 36.4 Å². The Hall–Kier alpha value is -2.78. The summed E-state index contributed by atoms with van der Waals surface area (Å²) in [6.07, 6.45) is 4.91. The van der Waals surface area contributed by atoms with E-state index in [1.165, 1.54) is 30.9 Å². The molecule has 2 N–H and O–H groups in total.